The molecule has 0 unspecified atom stereocenters. The number of rotatable bonds is 2. The van der Waals surface area contributed by atoms with E-state index in [4.69, 9.17) is 34.8 Å². The summed E-state index contributed by atoms with van der Waals surface area (Å²) in [6.45, 7) is 0. The minimum Gasteiger partial charge on any atom is -0.185 e. The molecule has 0 atom stereocenters. The third-order valence-electron chi connectivity index (χ3n) is 0.583. The number of hydrogen-bond acceptors (Lipinski definition) is 0. The SMILES string of the molecule is FC(F)(Cl)C(Cl)(Cl)CCl. The molecule has 0 rings (SSSR count). The Labute approximate surface area is 71.0 Å². The lowest BCUT2D eigenvalue weighted by Crippen LogP contribution is -2.34. The number of hydrogen-bond donors (Lipinski definition) is 0. The van der Waals surface area contributed by atoms with Crippen LogP contribution in [0.4, 0.5) is 8.78 Å². The molecule has 0 nitrogen and oxygen atoms in total. The van der Waals surface area contributed by atoms with Gasteiger partial charge in [-0.25, -0.2) is 0 Å². The summed E-state index contributed by atoms with van der Waals surface area (Å²) in [6, 6.07) is 0. The van der Waals surface area contributed by atoms with Gasteiger partial charge in [0.05, 0.1) is 5.88 Å². The normalized spacial score (nSPS) is 14.0. The van der Waals surface area contributed by atoms with E-state index in [1.54, 1.807) is 0 Å². The van der Waals surface area contributed by atoms with Crippen LogP contribution in [0.1, 0.15) is 0 Å². The van der Waals surface area contributed by atoms with Crippen molar-refractivity contribution in [3.05, 3.63) is 0 Å². The average molecular weight is 218 g/mol. The molecule has 0 saturated heterocycles. The van der Waals surface area contributed by atoms with Gasteiger partial charge >= 0.3 is 5.38 Å². The minimum atomic E-state index is -3.68. The summed E-state index contributed by atoms with van der Waals surface area (Å²) in [5, 5.41) is -3.68. The molecule has 0 amide bonds. The number of halogens is 6. The highest BCUT2D eigenvalue weighted by atomic mass is 35.5. The first-order valence-electron chi connectivity index (χ1n) is 1.82. The van der Waals surface area contributed by atoms with E-state index in [1.807, 2.05) is 0 Å². The molecule has 0 saturated carbocycles. The van der Waals surface area contributed by atoms with Crippen LogP contribution in [0.15, 0.2) is 0 Å². The standard InChI is InChI=1S/C3H2Cl4F2/c4-1-2(5,6)3(7,8)9/h1H2. The zero-order chi connectivity index (χ0) is 7.71. The molecule has 0 aliphatic carbocycles. The van der Waals surface area contributed by atoms with E-state index >= 15 is 0 Å². The monoisotopic (exact) mass is 216 g/mol. The molecule has 0 aliphatic heterocycles. The maximum absolute atomic E-state index is 11.9. The lowest BCUT2D eigenvalue weighted by molar-refractivity contribution is 0.0835. The highest BCUT2D eigenvalue weighted by Gasteiger charge is 2.49. The molecule has 0 aromatic carbocycles. The Bertz CT molecular complexity index is 96.5. The third-order valence-corrected chi connectivity index (χ3v) is 2.52. The van der Waals surface area contributed by atoms with Crippen LogP contribution in [-0.4, -0.2) is 15.6 Å². The third kappa shape index (κ3) is 2.62. The maximum atomic E-state index is 11.9. The predicted octanol–water partition coefficient (Wildman–Crippen LogP) is 3.23. The van der Waals surface area contributed by atoms with Crippen LogP contribution in [0.25, 0.3) is 0 Å². The Morgan fingerprint density at radius 1 is 1.11 bits per heavy atom. The summed E-state index contributed by atoms with van der Waals surface area (Å²) in [6.07, 6.45) is 0. The van der Waals surface area contributed by atoms with Crippen molar-refractivity contribution in [3.8, 4) is 0 Å². The first kappa shape index (κ1) is 10.0. The Morgan fingerprint density at radius 2 is 1.44 bits per heavy atom. The second-order valence-electron chi connectivity index (χ2n) is 1.34. The van der Waals surface area contributed by atoms with Crippen LogP contribution in [0.3, 0.4) is 0 Å². The average Bonchev–Trinajstić information content (AvgIpc) is 1.64. The second-order valence-corrected chi connectivity index (χ2v) is 3.56. The lowest BCUT2D eigenvalue weighted by Gasteiger charge is -2.20. The van der Waals surface area contributed by atoms with Crippen LogP contribution in [0.5, 0.6) is 0 Å². The van der Waals surface area contributed by atoms with Crippen molar-refractivity contribution in [2.24, 2.45) is 0 Å². The van der Waals surface area contributed by atoms with Gasteiger partial charge in [0.2, 0.25) is 4.33 Å². The summed E-state index contributed by atoms with van der Waals surface area (Å²) < 4.78 is 21.5. The van der Waals surface area contributed by atoms with E-state index in [-0.39, 0.29) is 0 Å². The Balaban J connectivity index is 4.14. The van der Waals surface area contributed by atoms with Crippen LogP contribution >= 0.6 is 46.4 Å². The number of alkyl halides is 6. The summed E-state index contributed by atoms with van der Waals surface area (Å²) in [7, 11) is 0. The van der Waals surface area contributed by atoms with Crippen LogP contribution in [0, 0.1) is 0 Å². The first-order valence-corrected chi connectivity index (χ1v) is 3.48. The van der Waals surface area contributed by atoms with Gasteiger partial charge in [0.25, 0.3) is 0 Å². The van der Waals surface area contributed by atoms with Gasteiger partial charge in [-0.1, -0.05) is 23.2 Å². The van der Waals surface area contributed by atoms with Gasteiger partial charge < -0.3 is 0 Å². The Morgan fingerprint density at radius 3 is 1.44 bits per heavy atom. The molecule has 0 fully saturated rings. The summed E-state index contributed by atoms with van der Waals surface area (Å²) in [5.74, 6) is -0.618. The largest absolute Gasteiger partial charge is 0.355 e. The van der Waals surface area contributed by atoms with Crippen molar-refractivity contribution in [2.45, 2.75) is 9.72 Å². The molecule has 0 spiro atoms. The topological polar surface area (TPSA) is 0 Å². The first-order chi connectivity index (χ1) is 3.81. The fourth-order valence-electron chi connectivity index (χ4n) is 0.0758. The molecule has 0 radical (unpaired) electrons. The molecule has 0 aliphatic rings. The summed E-state index contributed by atoms with van der Waals surface area (Å²) >= 11 is 19.3. The smallest absolute Gasteiger partial charge is 0.185 e. The Kier molecular flexibility index (Phi) is 3.29. The van der Waals surface area contributed by atoms with Crippen LogP contribution < -0.4 is 0 Å². The fraction of sp³-hybridized carbons (Fsp3) is 1.00. The van der Waals surface area contributed by atoms with Gasteiger partial charge in [0.15, 0.2) is 0 Å². The van der Waals surface area contributed by atoms with Gasteiger partial charge in [0, 0.05) is 0 Å². The van der Waals surface area contributed by atoms with Gasteiger partial charge in [-0.15, -0.1) is 11.6 Å². The molecule has 0 heterocycles. The van der Waals surface area contributed by atoms with Crippen LogP contribution in [-0.2, 0) is 0 Å². The molecule has 56 valence electrons. The zero-order valence-electron chi connectivity index (χ0n) is 3.97. The Hall–Kier alpha value is 1.02. The molecular weight excluding hydrogens is 216 g/mol. The molecule has 9 heavy (non-hydrogen) atoms. The summed E-state index contributed by atoms with van der Waals surface area (Å²) in [4.78, 5) is 0. The van der Waals surface area contributed by atoms with Crippen molar-refractivity contribution >= 4 is 46.4 Å². The van der Waals surface area contributed by atoms with Crippen molar-refractivity contribution in [2.75, 3.05) is 5.88 Å². The van der Waals surface area contributed by atoms with Crippen LogP contribution in [0.2, 0.25) is 0 Å². The fourth-order valence-corrected chi connectivity index (χ4v) is 0.379. The molecule has 0 aromatic rings. The van der Waals surface area contributed by atoms with E-state index in [0.29, 0.717) is 0 Å². The highest BCUT2D eigenvalue weighted by Crippen LogP contribution is 2.42. The van der Waals surface area contributed by atoms with E-state index in [0.717, 1.165) is 0 Å². The molecule has 6 heteroatoms. The molecule has 0 aromatic heterocycles. The zero-order valence-corrected chi connectivity index (χ0v) is 7.00. The van der Waals surface area contributed by atoms with Crippen molar-refractivity contribution in [1.29, 1.82) is 0 Å². The lowest BCUT2D eigenvalue weighted by atomic mass is 10.5. The van der Waals surface area contributed by atoms with E-state index in [2.05, 4.69) is 11.6 Å². The molecule has 0 bridgehead atoms. The second kappa shape index (κ2) is 2.95. The predicted molar refractivity (Wildman–Crippen MR) is 36.0 cm³/mol. The summed E-state index contributed by atoms with van der Waals surface area (Å²) in [5.41, 5.74) is 0. The van der Waals surface area contributed by atoms with Gasteiger partial charge in [-0.3, -0.25) is 0 Å². The van der Waals surface area contributed by atoms with E-state index in [1.165, 1.54) is 0 Å². The molecule has 0 N–H and O–H groups in total. The molecular formula is C3H2Cl4F2. The van der Waals surface area contributed by atoms with E-state index < -0.39 is 15.6 Å². The van der Waals surface area contributed by atoms with Crippen molar-refractivity contribution in [3.63, 3.8) is 0 Å². The van der Waals surface area contributed by atoms with E-state index in [9.17, 15) is 8.78 Å². The minimum absolute atomic E-state index is 0.618. The quantitative estimate of drug-likeness (QED) is 0.624. The van der Waals surface area contributed by atoms with Gasteiger partial charge in [-0.2, -0.15) is 8.78 Å². The van der Waals surface area contributed by atoms with Gasteiger partial charge in [0.1, 0.15) is 0 Å². The van der Waals surface area contributed by atoms with Crippen molar-refractivity contribution in [1.82, 2.24) is 0 Å². The van der Waals surface area contributed by atoms with Crippen molar-refractivity contribution < 1.29 is 8.78 Å². The maximum Gasteiger partial charge on any atom is 0.355 e. The van der Waals surface area contributed by atoms with Gasteiger partial charge in [-0.05, 0) is 11.6 Å². The highest BCUT2D eigenvalue weighted by molar-refractivity contribution is 6.55.